The molecule has 0 atom stereocenters. The number of para-hydroxylation sites is 1. The average Bonchev–Trinajstić information content (AvgIpc) is 2.72. The molecule has 6 heteroatoms. The Morgan fingerprint density at radius 3 is 2.39 bits per heavy atom. The summed E-state index contributed by atoms with van der Waals surface area (Å²) in [5.74, 6) is 0.713. The Kier molecular flexibility index (Phi) is 6.34. The van der Waals surface area contributed by atoms with Crippen LogP contribution in [-0.2, 0) is 0 Å². The van der Waals surface area contributed by atoms with Crippen LogP contribution in [0.15, 0.2) is 60.9 Å². The molecule has 0 unspecified atom stereocenters. The molecule has 6 nitrogen and oxygen atoms in total. The standard InChI is InChI=1S/C22H25N5O/c1-26(2)14-7-15-27(22-19(23)10-6-13-25-22)21-11-4-3-8-18(21)17-9-5-12-24-20(17)16-28/h3-6,8-13,16H,7,14-15,23H2,1-2H3. The number of carbonyl (C=O) groups excluding carboxylic acids is 1. The fourth-order valence-corrected chi connectivity index (χ4v) is 3.20. The number of aldehydes is 1. The number of nitrogens with zero attached hydrogens (tertiary/aromatic N) is 4. The summed E-state index contributed by atoms with van der Waals surface area (Å²) in [6, 6.07) is 15.4. The molecule has 2 aromatic heterocycles. The van der Waals surface area contributed by atoms with Crippen LogP contribution < -0.4 is 10.6 Å². The van der Waals surface area contributed by atoms with Crippen LogP contribution in [-0.4, -0.2) is 48.3 Å². The first kappa shape index (κ1) is 19.5. The smallest absolute Gasteiger partial charge is 0.169 e. The van der Waals surface area contributed by atoms with Gasteiger partial charge in [-0.2, -0.15) is 0 Å². The summed E-state index contributed by atoms with van der Waals surface area (Å²) in [7, 11) is 4.11. The highest BCUT2D eigenvalue weighted by atomic mass is 16.1. The first-order valence-corrected chi connectivity index (χ1v) is 9.24. The second kappa shape index (κ2) is 9.10. The lowest BCUT2D eigenvalue weighted by atomic mass is 10.0. The number of nitrogens with two attached hydrogens (primary N) is 1. The summed E-state index contributed by atoms with van der Waals surface area (Å²) >= 11 is 0. The largest absolute Gasteiger partial charge is 0.396 e. The summed E-state index contributed by atoms with van der Waals surface area (Å²) < 4.78 is 0. The molecular formula is C22H25N5O. The van der Waals surface area contributed by atoms with Crippen molar-refractivity contribution in [1.82, 2.24) is 14.9 Å². The van der Waals surface area contributed by atoms with E-state index in [4.69, 9.17) is 5.73 Å². The van der Waals surface area contributed by atoms with Gasteiger partial charge >= 0.3 is 0 Å². The monoisotopic (exact) mass is 375 g/mol. The Labute approximate surface area is 165 Å². The Balaban J connectivity index is 2.10. The van der Waals surface area contributed by atoms with E-state index in [1.807, 2.05) is 48.5 Å². The maximum absolute atomic E-state index is 11.5. The average molecular weight is 375 g/mol. The zero-order valence-corrected chi connectivity index (χ0v) is 16.2. The van der Waals surface area contributed by atoms with Gasteiger partial charge in [0.2, 0.25) is 0 Å². The maximum atomic E-state index is 11.5. The number of pyridine rings is 2. The summed E-state index contributed by atoms with van der Waals surface area (Å²) in [6.45, 7) is 1.69. The highest BCUT2D eigenvalue weighted by Gasteiger charge is 2.19. The van der Waals surface area contributed by atoms with Crippen molar-refractivity contribution in [2.45, 2.75) is 6.42 Å². The van der Waals surface area contributed by atoms with Crippen LogP contribution in [0.1, 0.15) is 16.9 Å². The molecule has 1 aromatic carbocycles. The van der Waals surface area contributed by atoms with E-state index in [0.29, 0.717) is 17.2 Å². The van der Waals surface area contributed by atoms with Crippen molar-refractivity contribution in [3.05, 3.63) is 66.6 Å². The van der Waals surface area contributed by atoms with Gasteiger partial charge in [0.05, 0.1) is 11.4 Å². The van der Waals surface area contributed by atoms with Gasteiger partial charge in [-0.05, 0) is 51.3 Å². The van der Waals surface area contributed by atoms with E-state index in [2.05, 4.69) is 33.9 Å². The minimum Gasteiger partial charge on any atom is -0.396 e. The van der Waals surface area contributed by atoms with Crippen molar-refractivity contribution in [1.29, 1.82) is 0 Å². The number of hydrogen-bond acceptors (Lipinski definition) is 6. The van der Waals surface area contributed by atoms with E-state index in [-0.39, 0.29) is 0 Å². The minimum atomic E-state index is 0.414. The molecule has 0 aliphatic heterocycles. The summed E-state index contributed by atoms with van der Waals surface area (Å²) in [5.41, 5.74) is 9.94. The fourth-order valence-electron chi connectivity index (χ4n) is 3.20. The van der Waals surface area contributed by atoms with Crippen LogP contribution in [0, 0.1) is 0 Å². The van der Waals surface area contributed by atoms with Crippen molar-refractivity contribution in [3.8, 4) is 11.1 Å². The molecule has 0 bridgehead atoms. The quantitative estimate of drug-likeness (QED) is 0.606. The lowest BCUT2D eigenvalue weighted by Gasteiger charge is -2.28. The van der Waals surface area contributed by atoms with E-state index in [0.717, 1.165) is 42.6 Å². The van der Waals surface area contributed by atoms with Gasteiger partial charge in [-0.25, -0.2) is 4.98 Å². The van der Waals surface area contributed by atoms with Crippen LogP contribution in [0.25, 0.3) is 11.1 Å². The van der Waals surface area contributed by atoms with Crippen LogP contribution in [0.4, 0.5) is 17.2 Å². The molecule has 28 heavy (non-hydrogen) atoms. The molecule has 0 fully saturated rings. The van der Waals surface area contributed by atoms with Gasteiger partial charge in [0, 0.05) is 30.1 Å². The number of hydrogen-bond donors (Lipinski definition) is 1. The molecule has 3 aromatic rings. The third-order valence-corrected chi connectivity index (χ3v) is 4.49. The summed E-state index contributed by atoms with van der Waals surface area (Å²) in [4.78, 5) is 24.6. The molecule has 2 heterocycles. The summed E-state index contributed by atoms with van der Waals surface area (Å²) in [5, 5.41) is 0. The second-order valence-electron chi connectivity index (χ2n) is 6.80. The highest BCUT2D eigenvalue weighted by molar-refractivity contribution is 5.91. The molecule has 0 saturated carbocycles. The van der Waals surface area contributed by atoms with Crippen LogP contribution in [0.3, 0.4) is 0 Å². The van der Waals surface area contributed by atoms with Gasteiger partial charge in [-0.3, -0.25) is 9.78 Å². The van der Waals surface area contributed by atoms with E-state index in [1.165, 1.54) is 0 Å². The maximum Gasteiger partial charge on any atom is 0.169 e. The van der Waals surface area contributed by atoms with E-state index in [9.17, 15) is 4.79 Å². The van der Waals surface area contributed by atoms with Gasteiger partial charge in [0.25, 0.3) is 0 Å². The summed E-state index contributed by atoms with van der Waals surface area (Å²) in [6.07, 6.45) is 5.10. The molecule has 0 spiro atoms. The first-order valence-electron chi connectivity index (χ1n) is 9.24. The minimum absolute atomic E-state index is 0.414. The predicted molar refractivity (Wildman–Crippen MR) is 114 cm³/mol. The Morgan fingerprint density at radius 1 is 0.929 bits per heavy atom. The molecule has 144 valence electrons. The van der Waals surface area contributed by atoms with Crippen molar-refractivity contribution in [3.63, 3.8) is 0 Å². The molecule has 0 radical (unpaired) electrons. The lowest BCUT2D eigenvalue weighted by molar-refractivity contribution is 0.111. The second-order valence-corrected chi connectivity index (χ2v) is 6.80. The molecule has 0 amide bonds. The Hall–Kier alpha value is -3.25. The van der Waals surface area contributed by atoms with E-state index in [1.54, 1.807) is 12.4 Å². The number of benzene rings is 1. The van der Waals surface area contributed by atoms with Crippen molar-refractivity contribution in [2.24, 2.45) is 0 Å². The van der Waals surface area contributed by atoms with Gasteiger partial charge in [0.15, 0.2) is 12.1 Å². The number of nitrogen functional groups attached to an aromatic ring is 1. The van der Waals surface area contributed by atoms with Crippen LogP contribution >= 0.6 is 0 Å². The van der Waals surface area contributed by atoms with Gasteiger partial charge in [0.1, 0.15) is 5.69 Å². The lowest BCUT2D eigenvalue weighted by Crippen LogP contribution is -2.25. The Morgan fingerprint density at radius 2 is 1.64 bits per heavy atom. The van der Waals surface area contributed by atoms with E-state index >= 15 is 0 Å². The molecular weight excluding hydrogens is 350 g/mol. The van der Waals surface area contributed by atoms with Crippen LogP contribution in [0.5, 0.6) is 0 Å². The number of rotatable bonds is 8. The third-order valence-electron chi connectivity index (χ3n) is 4.49. The zero-order chi connectivity index (χ0) is 19.9. The van der Waals surface area contributed by atoms with Crippen molar-refractivity contribution in [2.75, 3.05) is 37.8 Å². The molecule has 0 saturated heterocycles. The SMILES string of the molecule is CN(C)CCCN(c1ccccc1-c1cccnc1C=O)c1ncccc1N. The highest BCUT2D eigenvalue weighted by Crippen LogP contribution is 2.37. The van der Waals surface area contributed by atoms with Crippen molar-refractivity contribution >= 4 is 23.5 Å². The Bertz CT molecular complexity index is 941. The first-order chi connectivity index (χ1) is 13.6. The third kappa shape index (κ3) is 4.35. The molecule has 0 aliphatic rings. The number of aromatic nitrogens is 2. The number of carbonyl (C=O) groups is 1. The molecule has 0 aliphatic carbocycles. The number of anilines is 3. The zero-order valence-electron chi connectivity index (χ0n) is 16.2. The van der Waals surface area contributed by atoms with Gasteiger partial charge in [-0.15, -0.1) is 0 Å². The topological polar surface area (TPSA) is 75.3 Å². The van der Waals surface area contributed by atoms with Gasteiger partial charge < -0.3 is 15.5 Å². The fraction of sp³-hybridized carbons (Fsp3) is 0.227. The van der Waals surface area contributed by atoms with E-state index < -0.39 is 0 Å². The molecule has 2 N–H and O–H groups in total. The normalized spacial score (nSPS) is 10.8. The molecule has 3 rings (SSSR count). The van der Waals surface area contributed by atoms with Crippen LogP contribution in [0.2, 0.25) is 0 Å². The van der Waals surface area contributed by atoms with Gasteiger partial charge in [-0.1, -0.05) is 24.3 Å². The van der Waals surface area contributed by atoms with Crippen molar-refractivity contribution < 1.29 is 4.79 Å². The predicted octanol–water partition coefficient (Wildman–Crippen LogP) is 3.63.